The van der Waals surface area contributed by atoms with Crippen molar-refractivity contribution in [2.24, 2.45) is 0 Å². The Morgan fingerprint density at radius 1 is 1.00 bits per heavy atom. The lowest BCUT2D eigenvalue weighted by Crippen LogP contribution is -2.33. The third-order valence-electron chi connectivity index (χ3n) is 1.13. The molecule has 14 heavy (non-hydrogen) atoms. The van der Waals surface area contributed by atoms with E-state index in [4.69, 9.17) is 12.2 Å². The Morgan fingerprint density at radius 3 is 1.86 bits per heavy atom. The van der Waals surface area contributed by atoms with E-state index in [2.05, 4.69) is 41.9 Å². The number of hydrogen-bond donors (Lipinski definition) is 2. The zero-order chi connectivity index (χ0) is 9.80. The van der Waals surface area contributed by atoms with Crippen molar-refractivity contribution in [3.05, 3.63) is 12.7 Å². The average molecular weight is 212 g/mol. The van der Waals surface area contributed by atoms with Gasteiger partial charge in [-0.1, -0.05) is 0 Å². The van der Waals surface area contributed by atoms with Crippen molar-refractivity contribution in [3.63, 3.8) is 0 Å². The van der Waals surface area contributed by atoms with Crippen LogP contribution in [0.5, 0.6) is 0 Å². The first-order valence-corrected chi connectivity index (χ1v) is 3.79. The van der Waals surface area contributed by atoms with Crippen LogP contribution in [0.15, 0.2) is 12.7 Å². The molecule has 0 atom stereocenters. The molecule has 0 aliphatic carbocycles. The van der Waals surface area contributed by atoms with Gasteiger partial charge in [0, 0.05) is 0 Å². The van der Waals surface area contributed by atoms with E-state index in [9.17, 15) is 0 Å². The highest BCUT2D eigenvalue weighted by Crippen LogP contribution is 1.75. The van der Waals surface area contributed by atoms with Gasteiger partial charge in [0.05, 0.1) is 0 Å². The lowest BCUT2D eigenvalue weighted by Gasteiger charge is -2.06. The lowest BCUT2D eigenvalue weighted by atomic mass is 11.1. The molecule has 2 N–H and O–H groups in total. The molecule has 0 aromatic carbocycles. The van der Waals surface area contributed by atoms with Crippen LogP contribution < -0.4 is 10.9 Å². The molecular weight excluding hydrogens is 208 g/mol. The van der Waals surface area contributed by atoms with Crippen LogP contribution in [0, 0.1) is 0 Å². The minimum atomic E-state index is 0.254. The van der Waals surface area contributed by atoms with Gasteiger partial charge >= 0.3 is 0 Å². The van der Waals surface area contributed by atoms with Crippen LogP contribution in [0.2, 0.25) is 0 Å². The molecule has 2 heterocycles. The summed E-state index contributed by atoms with van der Waals surface area (Å²) in [6.07, 6.45) is 2.71. The van der Waals surface area contributed by atoms with Gasteiger partial charge in [-0.15, -0.1) is 19.8 Å². The molecule has 2 aromatic heterocycles. The first kappa shape index (κ1) is 8.43. The summed E-state index contributed by atoms with van der Waals surface area (Å²) in [5.41, 5.74) is 5.29. The Morgan fingerprint density at radius 2 is 1.50 bits per heavy atom. The molecule has 10 nitrogen and oxygen atoms in total. The van der Waals surface area contributed by atoms with Crippen molar-refractivity contribution in [2.75, 3.05) is 10.9 Å². The molecule has 0 aliphatic rings. The van der Waals surface area contributed by atoms with Gasteiger partial charge < -0.3 is 0 Å². The van der Waals surface area contributed by atoms with E-state index in [1.807, 2.05) is 0 Å². The van der Waals surface area contributed by atoms with E-state index >= 15 is 0 Å². The normalized spacial score (nSPS) is 9.71. The number of tetrazole rings is 2. The van der Waals surface area contributed by atoms with Crippen molar-refractivity contribution in [2.45, 2.75) is 0 Å². The number of aromatic nitrogens is 8. The number of rotatable bonds is 2. The molecule has 2 rings (SSSR count). The monoisotopic (exact) mass is 212 g/mol. The summed E-state index contributed by atoms with van der Waals surface area (Å²) < 4.78 is 0. The highest BCUT2D eigenvalue weighted by Gasteiger charge is 1.98. The van der Waals surface area contributed by atoms with Crippen molar-refractivity contribution >= 4 is 17.3 Å². The fraction of sp³-hybridized carbons (Fsp3) is 0. The molecule has 2 aromatic rings. The largest absolute Gasteiger partial charge is 0.249 e. The standard InChI is InChI=1S/C3H4N10S/c14-3(6-12-1-4-8-10-12)7-13-2-5-9-11-13/h1-2H,(H2,6,7,14). The van der Waals surface area contributed by atoms with Gasteiger partial charge in [-0.25, -0.2) is 10.9 Å². The maximum absolute atomic E-state index is 4.89. The third-order valence-corrected chi connectivity index (χ3v) is 1.31. The van der Waals surface area contributed by atoms with E-state index in [0.29, 0.717) is 0 Å². The molecule has 72 valence electrons. The smallest absolute Gasteiger partial charge is 0.207 e. The summed E-state index contributed by atoms with van der Waals surface area (Å²) in [4.78, 5) is 2.47. The van der Waals surface area contributed by atoms with E-state index in [-0.39, 0.29) is 5.11 Å². The Bertz CT molecular complexity index is 351. The van der Waals surface area contributed by atoms with Crippen LogP contribution in [-0.4, -0.2) is 45.7 Å². The lowest BCUT2D eigenvalue weighted by molar-refractivity contribution is 0.725. The average Bonchev–Trinajstić information content (AvgIpc) is 2.76. The Balaban J connectivity index is 1.91. The van der Waals surface area contributed by atoms with Crippen LogP contribution in [-0.2, 0) is 0 Å². The molecule has 0 aliphatic heterocycles. The van der Waals surface area contributed by atoms with Gasteiger partial charge in [-0.3, -0.25) is 0 Å². The molecule has 0 radical (unpaired) electrons. The van der Waals surface area contributed by atoms with E-state index in [1.54, 1.807) is 0 Å². The molecular formula is C3H4N10S. The van der Waals surface area contributed by atoms with Crippen LogP contribution in [0.25, 0.3) is 0 Å². The molecule has 0 saturated heterocycles. The second-order valence-corrected chi connectivity index (χ2v) is 2.47. The van der Waals surface area contributed by atoms with Gasteiger partial charge in [0.15, 0.2) is 12.7 Å². The van der Waals surface area contributed by atoms with Crippen molar-refractivity contribution in [1.29, 1.82) is 0 Å². The summed E-state index contributed by atoms with van der Waals surface area (Å²) in [6, 6.07) is 0. The van der Waals surface area contributed by atoms with E-state index < -0.39 is 0 Å². The summed E-state index contributed by atoms with van der Waals surface area (Å²) in [6.45, 7) is 0. The summed E-state index contributed by atoms with van der Waals surface area (Å²) >= 11 is 4.89. The molecule has 0 saturated carbocycles. The Hall–Kier alpha value is -2.17. The Labute approximate surface area is 82.2 Å². The van der Waals surface area contributed by atoms with Crippen molar-refractivity contribution < 1.29 is 0 Å². The molecule has 0 unspecified atom stereocenters. The second kappa shape index (κ2) is 3.69. The first-order chi connectivity index (χ1) is 6.84. The first-order valence-electron chi connectivity index (χ1n) is 3.38. The fourth-order valence-corrected chi connectivity index (χ4v) is 0.845. The third kappa shape index (κ3) is 1.95. The summed E-state index contributed by atoms with van der Waals surface area (Å²) in [7, 11) is 0. The number of nitrogens with zero attached hydrogens (tertiary/aromatic N) is 8. The maximum Gasteiger partial charge on any atom is 0.207 e. The highest BCUT2D eigenvalue weighted by molar-refractivity contribution is 7.80. The van der Waals surface area contributed by atoms with Crippen molar-refractivity contribution in [1.82, 2.24) is 40.6 Å². The molecule has 0 fully saturated rings. The summed E-state index contributed by atoms with van der Waals surface area (Å²) in [5.74, 6) is 0. The Kier molecular flexibility index (Phi) is 2.22. The SMILES string of the molecule is S=C(Nn1cnnn1)Nn1cnnn1. The molecule has 0 amide bonds. The van der Waals surface area contributed by atoms with Crippen LogP contribution in [0.4, 0.5) is 0 Å². The van der Waals surface area contributed by atoms with Gasteiger partial charge in [0.1, 0.15) is 0 Å². The van der Waals surface area contributed by atoms with E-state index in [0.717, 1.165) is 0 Å². The van der Waals surface area contributed by atoms with Crippen LogP contribution in [0.1, 0.15) is 0 Å². The minimum Gasteiger partial charge on any atom is -0.249 e. The van der Waals surface area contributed by atoms with Gasteiger partial charge in [-0.2, -0.15) is 0 Å². The predicted molar refractivity (Wildman–Crippen MR) is 47.0 cm³/mol. The second-order valence-electron chi connectivity index (χ2n) is 2.06. The van der Waals surface area contributed by atoms with Gasteiger partial charge in [0.25, 0.3) is 0 Å². The number of hydrogen-bond acceptors (Lipinski definition) is 7. The van der Waals surface area contributed by atoms with E-state index in [1.165, 1.54) is 22.2 Å². The zero-order valence-corrected chi connectivity index (χ0v) is 7.46. The fourth-order valence-electron chi connectivity index (χ4n) is 0.658. The molecule has 0 spiro atoms. The van der Waals surface area contributed by atoms with Crippen LogP contribution >= 0.6 is 12.2 Å². The quantitative estimate of drug-likeness (QED) is 0.532. The predicted octanol–water partition coefficient (Wildman–Crippen LogP) is -2.27. The van der Waals surface area contributed by atoms with Gasteiger partial charge in [-0.05, 0) is 33.1 Å². The van der Waals surface area contributed by atoms with Crippen LogP contribution in [0.3, 0.4) is 0 Å². The molecule has 0 bridgehead atoms. The number of nitrogens with one attached hydrogen (secondary N) is 2. The van der Waals surface area contributed by atoms with Crippen molar-refractivity contribution in [3.8, 4) is 0 Å². The van der Waals surface area contributed by atoms with Gasteiger partial charge in [0.2, 0.25) is 5.11 Å². The minimum absolute atomic E-state index is 0.254. The topological polar surface area (TPSA) is 111 Å². The zero-order valence-electron chi connectivity index (χ0n) is 6.64. The summed E-state index contributed by atoms with van der Waals surface area (Å²) in [5, 5.41) is 21.0. The molecule has 11 heteroatoms. The highest BCUT2D eigenvalue weighted by atomic mass is 32.1. The maximum atomic E-state index is 4.89. The number of thiocarbonyl (C=S) groups is 1.